The summed E-state index contributed by atoms with van der Waals surface area (Å²) < 4.78 is 38.2. The first kappa shape index (κ1) is 10.3. The molecule has 82 valence electrons. The summed E-state index contributed by atoms with van der Waals surface area (Å²) in [6.45, 7) is 0.541. The maximum atomic E-state index is 13.0. The van der Waals surface area contributed by atoms with Crippen LogP contribution in [0.15, 0.2) is 6.07 Å². The van der Waals surface area contributed by atoms with Gasteiger partial charge in [0.2, 0.25) is 0 Å². The Kier molecular flexibility index (Phi) is 2.79. The highest BCUT2D eigenvalue weighted by Gasteiger charge is 2.20. The number of nitrogens with zero attached hydrogens (tertiary/aromatic N) is 1. The second kappa shape index (κ2) is 4.08. The number of pyridine rings is 1. The summed E-state index contributed by atoms with van der Waals surface area (Å²) in [6.07, 6.45) is 3.32. The van der Waals surface area contributed by atoms with E-state index in [1.165, 1.54) is 12.8 Å². The van der Waals surface area contributed by atoms with Gasteiger partial charge in [-0.1, -0.05) is 12.8 Å². The highest BCUT2D eigenvalue weighted by atomic mass is 19.2. The van der Waals surface area contributed by atoms with E-state index in [9.17, 15) is 13.2 Å². The molecule has 1 aromatic rings. The monoisotopic (exact) mass is 216 g/mol. The van der Waals surface area contributed by atoms with E-state index >= 15 is 0 Å². The predicted octanol–water partition coefficient (Wildman–Crippen LogP) is 2.71. The van der Waals surface area contributed by atoms with Crippen molar-refractivity contribution >= 4 is 5.82 Å². The fraction of sp³-hybridized carbons (Fsp3) is 0.500. The van der Waals surface area contributed by atoms with E-state index in [0.717, 1.165) is 6.42 Å². The normalized spacial score (nSPS) is 15.4. The second-order valence-corrected chi connectivity index (χ2v) is 3.75. The van der Waals surface area contributed by atoms with Crippen LogP contribution in [0.4, 0.5) is 19.0 Å². The number of anilines is 1. The largest absolute Gasteiger partial charge is 0.368 e. The first-order valence-corrected chi connectivity index (χ1v) is 4.92. The van der Waals surface area contributed by atoms with Crippen LogP contribution in [0.25, 0.3) is 0 Å². The third-order valence-electron chi connectivity index (χ3n) is 2.43. The van der Waals surface area contributed by atoms with Crippen LogP contribution in [0.3, 0.4) is 0 Å². The van der Waals surface area contributed by atoms with Crippen LogP contribution in [0.1, 0.15) is 19.3 Å². The Labute approximate surface area is 85.5 Å². The molecule has 0 unspecified atom stereocenters. The van der Waals surface area contributed by atoms with E-state index < -0.39 is 17.6 Å². The number of hydrogen-bond donors (Lipinski definition) is 1. The van der Waals surface area contributed by atoms with Crippen molar-refractivity contribution in [2.45, 2.75) is 19.3 Å². The first-order valence-electron chi connectivity index (χ1n) is 4.92. The highest BCUT2D eigenvalue weighted by Crippen LogP contribution is 2.32. The quantitative estimate of drug-likeness (QED) is 0.783. The molecule has 2 nitrogen and oxygen atoms in total. The topological polar surface area (TPSA) is 24.9 Å². The maximum Gasteiger partial charge on any atom is 0.251 e. The van der Waals surface area contributed by atoms with Crippen LogP contribution < -0.4 is 5.32 Å². The van der Waals surface area contributed by atoms with Gasteiger partial charge in [0.05, 0.1) is 0 Å². The van der Waals surface area contributed by atoms with Gasteiger partial charge in [-0.3, -0.25) is 0 Å². The minimum atomic E-state index is -1.27. The molecule has 1 saturated carbocycles. The van der Waals surface area contributed by atoms with E-state index in [1.807, 2.05) is 0 Å². The van der Waals surface area contributed by atoms with E-state index in [4.69, 9.17) is 0 Å². The van der Waals surface area contributed by atoms with Gasteiger partial charge in [0.1, 0.15) is 0 Å². The SMILES string of the molecule is Fc1cc(F)c(NCCC2CC2)nc1F. The Morgan fingerprint density at radius 1 is 1.27 bits per heavy atom. The van der Waals surface area contributed by atoms with Crippen LogP contribution in [0.2, 0.25) is 0 Å². The standard InChI is InChI=1S/C10H11F3N2/c11-7-5-8(12)10(15-9(7)13)14-4-3-6-1-2-6/h5-6H,1-4H2,(H,14,15). The van der Waals surface area contributed by atoms with Crippen LogP contribution in [-0.4, -0.2) is 11.5 Å². The van der Waals surface area contributed by atoms with Crippen LogP contribution in [0, 0.1) is 23.5 Å². The highest BCUT2D eigenvalue weighted by molar-refractivity contribution is 5.35. The summed E-state index contributed by atoms with van der Waals surface area (Å²) in [5.74, 6) is -2.91. The van der Waals surface area contributed by atoms with Crippen LogP contribution >= 0.6 is 0 Å². The van der Waals surface area contributed by atoms with Gasteiger partial charge in [0.15, 0.2) is 17.5 Å². The van der Waals surface area contributed by atoms with Crippen molar-refractivity contribution in [3.05, 3.63) is 23.6 Å². The molecule has 0 aliphatic heterocycles. The van der Waals surface area contributed by atoms with Gasteiger partial charge < -0.3 is 5.32 Å². The number of rotatable bonds is 4. The lowest BCUT2D eigenvalue weighted by molar-refractivity contribution is 0.466. The number of nitrogens with one attached hydrogen (secondary N) is 1. The molecular formula is C10H11F3N2. The molecule has 15 heavy (non-hydrogen) atoms. The van der Waals surface area contributed by atoms with E-state index in [-0.39, 0.29) is 5.82 Å². The van der Waals surface area contributed by atoms with Crippen molar-refractivity contribution in [1.29, 1.82) is 0 Å². The van der Waals surface area contributed by atoms with Gasteiger partial charge in [0.25, 0.3) is 5.95 Å². The Morgan fingerprint density at radius 3 is 2.67 bits per heavy atom. The molecule has 0 radical (unpaired) electrons. The zero-order valence-corrected chi connectivity index (χ0v) is 8.06. The Hall–Kier alpha value is -1.26. The molecule has 0 aromatic carbocycles. The lowest BCUT2D eigenvalue weighted by Gasteiger charge is -2.06. The Bertz CT molecular complexity index is 364. The van der Waals surface area contributed by atoms with E-state index in [0.29, 0.717) is 18.5 Å². The summed E-state index contributed by atoms with van der Waals surface area (Å²) in [5, 5.41) is 2.66. The minimum absolute atomic E-state index is 0.213. The molecule has 1 fully saturated rings. The molecule has 1 aromatic heterocycles. The molecule has 5 heteroatoms. The third-order valence-corrected chi connectivity index (χ3v) is 2.43. The van der Waals surface area contributed by atoms with Gasteiger partial charge in [-0.15, -0.1) is 0 Å². The van der Waals surface area contributed by atoms with Crippen molar-refractivity contribution in [2.75, 3.05) is 11.9 Å². The predicted molar refractivity (Wildman–Crippen MR) is 49.9 cm³/mol. The molecule has 1 aliphatic carbocycles. The molecule has 0 amide bonds. The van der Waals surface area contributed by atoms with Gasteiger partial charge in [-0.05, 0) is 12.3 Å². The lowest BCUT2D eigenvalue weighted by Crippen LogP contribution is -2.08. The molecule has 0 spiro atoms. The average molecular weight is 216 g/mol. The third kappa shape index (κ3) is 2.61. The smallest absolute Gasteiger partial charge is 0.251 e. The Morgan fingerprint density at radius 2 is 2.00 bits per heavy atom. The average Bonchev–Trinajstić information content (AvgIpc) is 2.97. The van der Waals surface area contributed by atoms with Crippen LogP contribution in [0.5, 0.6) is 0 Å². The number of aromatic nitrogens is 1. The second-order valence-electron chi connectivity index (χ2n) is 3.75. The molecule has 1 aliphatic rings. The summed E-state index contributed by atoms with van der Waals surface area (Å²) in [4.78, 5) is 3.16. The van der Waals surface area contributed by atoms with Crippen LogP contribution in [-0.2, 0) is 0 Å². The summed E-state index contributed by atoms with van der Waals surface area (Å²) in [7, 11) is 0. The molecule has 0 bridgehead atoms. The van der Waals surface area contributed by atoms with Gasteiger partial charge in [0, 0.05) is 12.6 Å². The summed E-state index contributed by atoms with van der Waals surface area (Å²) in [6, 6.07) is 0.502. The summed E-state index contributed by atoms with van der Waals surface area (Å²) in [5.41, 5.74) is 0. The van der Waals surface area contributed by atoms with Gasteiger partial charge >= 0.3 is 0 Å². The van der Waals surface area contributed by atoms with Crippen molar-refractivity contribution < 1.29 is 13.2 Å². The lowest BCUT2D eigenvalue weighted by atomic mass is 10.3. The van der Waals surface area contributed by atoms with Gasteiger partial charge in [-0.25, -0.2) is 8.78 Å². The van der Waals surface area contributed by atoms with Crippen molar-refractivity contribution in [3.8, 4) is 0 Å². The molecular weight excluding hydrogens is 205 g/mol. The first-order chi connectivity index (χ1) is 7.16. The van der Waals surface area contributed by atoms with E-state index in [2.05, 4.69) is 10.3 Å². The zero-order valence-electron chi connectivity index (χ0n) is 8.06. The zero-order chi connectivity index (χ0) is 10.8. The van der Waals surface area contributed by atoms with Crippen molar-refractivity contribution in [1.82, 2.24) is 4.98 Å². The Balaban J connectivity index is 1.96. The van der Waals surface area contributed by atoms with Crippen molar-refractivity contribution in [3.63, 3.8) is 0 Å². The minimum Gasteiger partial charge on any atom is -0.368 e. The molecule has 0 saturated heterocycles. The molecule has 1 N–H and O–H groups in total. The number of hydrogen-bond acceptors (Lipinski definition) is 2. The van der Waals surface area contributed by atoms with Gasteiger partial charge in [-0.2, -0.15) is 9.37 Å². The maximum absolute atomic E-state index is 13.0. The fourth-order valence-corrected chi connectivity index (χ4v) is 1.37. The molecule has 2 rings (SSSR count). The van der Waals surface area contributed by atoms with E-state index in [1.54, 1.807) is 0 Å². The molecule has 0 atom stereocenters. The summed E-state index contributed by atoms with van der Waals surface area (Å²) >= 11 is 0. The van der Waals surface area contributed by atoms with Crippen molar-refractivity contribution in [2.24, 2.45) is 5.92 Å². The molecule has 1 heterocycles. The fourth-order valence-electron chi connectivity index (χ4n) is 1.37. The number of halogens is 3.